The van der Waals surface area contributed by atoms with Crippen LogP contribution < -0.4 is 33.4 Å². The highest BCUT2D eigenvalue weighted by atomic mass is 35.5. The SMILES string of the molecule is COCCn1ccc2c(N)cccc2c1=O.COCCn1ccc2c(NC(=O)Cc3ccc(Cl)c(C(F)(F)F)c3)cccc2c1=O.COCCn1ccc2c([N+](=O)[O-])cccc2c1=O.O=c1occc2c([N+](=O)[O-])cccc12. The Labute approximate surface area is 444 Å². The lowest BCUT2D eigenvalue weighted by molar-refractivity contribution is -0.383. The van der Waals surface area contributed by atoms with Gasteiger partial charge in [-0.25, -0.2) is 4.79 Å². The van der Waals surface area contributed by atoms with Crippen molar-refractivity contribution >= 4 is 83.3 Å². The molecule has 0 radical (unpaired) electrons. The predicted molar refractivity (Wildman–Crippen MR) is 289 cm³/mol. The van der Waals surface area contributed by atoms with Gasteiger partial charge >= 0.3 is 11.8 Å². The number of aromatic nitrogens is 3. The first-order chi connectivity index (χ1) is 37.3. The van der Waals surface area contributed by atoms with Crippen LogP contribution in [-0.2, 0) is 51.2 Å². The highest BCUT2D eigenvalue weighted by Gasteiger charge is 2.33. The number of nitrogens with one attached hydrogen (secondary N) is 1. The number of non-ortho nitro benzene ring substituents is 2. The quantitative estimate of drug-likeness (QED) is 0.0585. The summed E-state index contributed by atoms with van der Waals surface area (Å²) in [5, 5.41) is 27.3. The monoisotopic (exact) mass is 1100 g/mol. The van der Waals surface area contributed by atoms with E-state index in [1.165, 1.54) is 58.7 Å². The molecule has 0 aliphatic heterocycles. The topological polar surface area (TPSA) is 265 Å². The number of hydrogen-bond acceptors (Lipinski definition) is 14. The number of benzene rings is 5. The minimum Gasteiger partial charge on any atom is -0.431 e. The lowest BCUT2D eigenvalue weighted by Crippen LogP contribution is -2.22. The molecule has 0 saturated heterocycles. The number of pyridine rings is 3. The molecule has 0 bridgehead atoms. The van der Waals surface area contributed by atoms with Crippen molar-refractivity contribution in [3.63, 3.8) is 0 Å². The molecule has 4 aromatic heterocycles. The summed E-state index contributed by atoms with van der Waals surface area (Å²) in [6.07, 6.45) is 1.17. The fraction of sp³-hybridized carbons (Fsp3) is 0.204. The number of halogens is 4. The number of nitro benzene ring substituents is 2. The fourth-order valence-corrected chi connectivity index (χ4v) is 8.12. The minimum atomic E-state index is -4.61. The van der Waals surface area contributed by atoms with E-state index < -0.39 is 38.1 Å². The van der Waals surface area contributed by atoms with Crippen molar-refractivity contribution in [2.45, 2.75) is 32.2 Å². The second kappa shape index (κ2) is 26.6. The van der Waals surface area contributed by atoms with Gasteiger partial charge in [0.1, 0.15) is 0 Å². The molecule has 0 aliphatic carbocycles. The maximum Gasteiger partial charge on any atom is 0.417 e. The van der Waals surface area contributed by atoms with Crippen LogP contribution in [0.2, 0.25) is 5.02 Å². The standard InChI is InChI=1S/C21H18ClF3N2O3.C12H12N2O4.C12H14N2O2.C9H5NO4/c1-30-10-9-27-8-7-14-15(20(27)29)3-2-4-18(14)26-19(28)12-13-5-6-17(22)16(11-13)21(23,24)25;1-18-8-7-13-6-5-9-10(12(13)15)3-2-4-11(9)14(16)17;1-16-8-7-14-6-5-9-10(12(14)15)3-2-4-11(9)13;11-9-7-2-1-3-8(10(12)13)6(7)4-5-14-9/h2-8,11H,9-10,12H2,1H3,(H,26,28);2-6H,7-8H2,1H3;2-6H,7-8,13H2,1H3;1-5H. The molecule has 9 aromatic rings. The van der Waals surface area contributed by atoms with E-state index >= 15 is 0 Å². The molecule has 0 fully saturated rings. The molecule has 0 saturated carbocycles. The number of nitro groups is 2. The number of hydrogen-bond donors (Lipinski definition) is 2. The van der Waals surface area contributed by atoms with Crippen molar-refractivity contribution in [2.75, 3.05) is 52.2 Å². The molecule has 5 aromatic carbocycles. The van der Waals surface area contributed by atoms with Gasteiger partial charge in [-0.2, -0.15) is 13.2 Å². The van der Waals surface area contributed by atoms with Gasteiger partial charge in [0.15, 0.2) is 0 Å². The molecular weight excluding hydrogens is 1050 g/mol. The van der Waals surface area contributed by atoms with Gasteiger partial charge in [0.05, 0.1) is 74.5 Å². The minimum absolute atomic E-state index is 0.0261. The average molecular weight is 1100 g/mol. The normalized spacial score (nSPS) is 11.0. The molecule has 0 aliphatic rings. The van der Waals surface area contributed by atoms with Gasteiger partial charge in [-0.1, -0.05) is 41.9 Å². The number of fused-ring (bicyclic) bond motifs is 4. The highest BCUT2D eigenvalue weighted by Crippen LogP contribution is 2.35. The summed E-state index contributed by atoms with van der Waals surface area (Å²) in [7, 11) is 4.71. The first kappa shape index (κ1) is 58.2. The molecule has 20 nitrogen and oxygen atoms in total. The van der Waals surface area contributed by atoms with Crippen LogP contribution in [-0.4, -0.2) is 70.6 Å². The Morgan fingerprint density at radius 3 is 1.58 bits per heavy atom. The highest BCUT2D eigenvalue weighted by molar-refractivity contribution is 6.31. The van der Waals surface area contributed by atoms with E-state index in [0.717, 1.165) is 23.8 Å². The van der Waals surface area contributed by atoms with E-state index in [0.29, 0.717) is 83.1 Å². The molecule has 24 heteroatoms. The van der Waals surface area contributed by atoms with Crippen LogP contribution in [0.5, 0.6) is 0 Å². The number of nitrogens with zero attached hydrogens (tertiary/aromatic N) is 5. The Balaban J connectivity index is 0.000000177. The van der Waals surface area contributed by atoms with Crippen molar-refractivity contribution in [3.05, 3.63) is 218 Å². The van der Waals surface area contributed by atoms with Gasteiger partial charge in [0, 0.05) is 105 Å². The van der Waals surface area contributed by atoms with Crippen molar-refractivity contribution in [3.8, 4) is 0 Å². The molecular formula is C54H49ClF3N7O13. The fourth-order valence-electron chi connectivity index (χ4n) is 7.90. The van der Waals surface area contributed by atoms with Crippen LogP contribution in [0, 0.1) is 20.2 Å². The van der Waals surface area contributed by atoms with E-state index in [-0.39, 0.29) is 45.4 Å². The van der Waals surface area contributed by atoms with Gasteiger partial charge in [0.25, 0.3) is 28.1 Å². The van der Waals surface area contributed by atoms with E-state index in [1.807, 2.05) is 6.07 Å². The number of carbonyl (C=O) groups is 1. The lowest BCUT2D eigenvalue weighted by atomic mass is 10.1. The average Bonchev–Trinajstić information content (AvgIpc) is 3.41. The largest absolute Gasteiger partial charge is 0.431 e. The Morgan fingerprint density at radius 2 is 1.06 bits per heavy atom. The molecule has 406 valence electrons. The summed E-state index contributed by atoms with van der Waals surface area (Å²) in [6, 6.07) is 29.0. The summed E-state index contributed by atoms with van der Waals surface area (Å²) in [6.45, 7) is 2.69. The Morgan fingerprint density at radius 1 is 0.615 bits per heavy atom. The van der Waals surface area contributed by atoms with Gasteiger partial charge in [-0.15, -0.1) is 0 Å². The zero-order valence-corrected chi connectivity index (χ0v) is 42.6. The van der Waals surface area contributed by atoms with Crippen LogP contribution in [0.1, 0.15) is 11.1 Å². The molecule has 0 atom stereocenters. The zero-order valence-electron chi connectivity index (χ0n) is 41.9. The first-order valence-corrected chi connectivity index (χ1v) is 23.7. The summed E-state index contributed by atoms with van der Waals surface area (Å²) in [5.74, 6) is -0.512. The Kier molecular flexibility index (Phi) is 19.9. The summed E-state index contributed by atoms with van der Waals surface area (Å²) >= 11 is 5.61. The number of ether oxygens (including phenoxy) is 3. The smallest absolute Gasteiger partial charge is 0.417 e. The summed E-state index contributed by atoms with van der Waals surface area (Å²) in [4.78, 5) is 80.8. The molecule has 3 N–H and O–H groups in total. The number of alkyl halides is 3. The third kappa shape index (κ3) is 14.3. The Hall–Kier alpha value is -9.03. The number of nitrogens with two attached hydrogens (primary N) is 1. The molecule has 9 rings (SSSR count). The van der Waals surface area contributed by atoms with Gasteiger partial charge in [-0.05, 0) is 78.4 Å². The lowest BCUT2D eigenvalue weighted by Gasteiger charge is -2.12. The molecule has 0 unspecified atom stereocenters. The maximum atomic E-state index is 13.0. The van der Waals surface area contributed by atoms with Crippen LogP contribution in [0.15, 0.2) is 164 Å². The van der Waals surface area contributed by atoms with Gasteiger partial charge < -0.3 is 43.4 Å². The van der Waals surface area contributed by atoms with Gasteiger partial charge in [0.2, 0.25) is 5.91 Å². The second-order valence-corrected chi connectivity index (χ2v) is 17.1. The maximum absolute atomic E-state index is 13.0. The van der Waals surface area contributed by atoms with Crippen LogP contribution in [0.3, 0.4) is 0 Å². The van der Waals surface area contributed by atoms with Crippen LogP contribution in [0.25, 0.3) is 43.1 Å². The van der Waals surface area contributed by atoms with Crippen molar-refractivity contribution in [1.29, 1.82) is 0 Å². The van der Waals surface area contributed by atoms with Crippen molar-refractivity contribution in [1.82, 2.24) is 13.7 Å². The summed E-state index contributed by atoms with van der Waals surface area (Å²) in [5.41, 5.74) is 4.82. The number of carbonyl (C=O) groups excluding carboxylic acids is 1. The number of amides is 1. The number of rotatable bonds is 14. The van der Waals surface area contributed by atoms with Gasteiger partial charge in [-0.3, -0.25) is 39.4 Å². The molecule has 78 heavy (non-hydrogen) atoms. The number of anilines is 2. The third-order valence-electron chi connectivity index (χ3n) is 11.8. The van der Waals surface area contributed by atoms with Crippen molar-refractivity contribution in [2.24, 2.45) is 0 Å². The Bertz CT molecular complexity index is 3900. The van der Waals surface area contributed by atoms with Crippen LogP contribution in [0.4, 0.5) is 35.9 Å². The van der Waals surface area contributed by atoms with E-state index in [9.17, 15) is 57.4 Å². The molecule has 4 heterocycles. The van der Waals surface area contributed by atoms with Crippen LogP contribution >= 0.6 is 11.6 Å². The van der Waals surface area contributed by atoms with E-state index in [1.54, 1.807) is 92.0 Å². The number of nitrogen functional groups attached to an aromatic ring is 1. The predicted octanol–water partition coefficient (Wildman–Crippen LogP) is 8.99. The second-order valence-electron chi connectivity index (χ2n) is 16.7. The van der Waals surface area contributed by atoms with Crippen molar-refractivity contribution < 1.29 is 46.4 Å². The molecule has 1 amide bonds. The van der Waals surface area contributed by atoms with E-state index in [2.05, 4.69) is 9.73 Å². The first-order valence-electron chi connectivity index (χ1n) is 23.3. The third-order valence-corrected chi connectivity index (χ3v) is 12.1. The zero-order chi connectivity index (χ0) is 56.7. The summed E-state index contributed by atoms with van der Waals surface area (Å²) < 4.78 is 63.1. The number of methoxy groups -OCH3 is 3. The van der Waals surface area contributed by atoms with E-state index in [4.69, 9.17) is 31.5 Å². The molecule has 0 spiro atoms.